The molecule has 0 aliphatic heterocycles. The Morgan fingerprint density at radius 2 is 1.60 bits per heavy atom. The molecule has 224 valence electrons. The monoisotopic (exact) mass is 609 g/mol. The molecule has 9 heteroatoms. The molecule has 0 spiro atoms. The highest BCUT2D eigenvalue weighted by Gasteiger charge is 2.34. The molecule has 0 unspecified atom stereocenters. The van der Waals surface area contributed by atoms with Crippen molar-refractivity contribution in [2.24, 2.45) is 0 Å². The summed E-state index contributed by atoms with van der Waals surface area (Å²) in [6, 6.07) is 18.5. The Balaban J connectivity index is 1.71. The molecule has 4 rings (SSSR count). The minimum absolute atomic E-state index is 0.0635. The van der Waals surface area contributed by atoms with Gasteiger partial charge in [0.05, 0.1) is 10.6 Å². The van der Waals surface area contributed by atoms with Crippen molar-refractivity contribution < 1.29 is 18.0 Å². The van der Waals surface area contributed by atoms with E-state index in [9.17, 15) is 18.0 Å². The fourth-order valence-corrected chi connectivity index (χ4v) is 7.02. The standard InChI is InChI=1S/C33H40ClN3O4S/c1-23-16-18-29(19-17-23)42(40,41)37(31-15-9-14-30(34)25(31)3)22-32(38)36(21-27-11-8-10-24(2)20-27)26(4)33(39)35-28-12-6-5-7-13-28/h8-11,14-20,26,28H,5-7,12-13,21-22H2,1-4H3,(H,35,39)/t26-/m0/s1. The normalized spacial score (nSPS) is 14.7. The van der Waals surface area contributed by atoms with Crippen LogP contribution in [0.15, 0.2) is 71.6 Å². The minimum Gasteiger partial charge on any atom is -0.352 e. The van der Waals surface area contributed by atoms with Crippen LogP contribution >= 0.6 is 11.6 Å². The Morgan fingerprint density at radius 1 is 0.929 bits per heavy atom. The fourth-order valence-electron chi connectivity index (χ4n) is 5.38. The van der Waals surface area contributed by atoms with Crippen molar-refractivity contribution in [2.45, 2.75) is 83.3 Å². The van der Waals surface area contributed by atoms with Gasteiger partial charge in [0.15, 0.2) is 0 Å². The van der Waals surface area contributed by atoms with E-state index >= 15 is 0 Å². The Bertz CT molecular complexity index is 1520. The van der Waals surface area contributed by atoms with E-state index in [1.54, 1.807) is 44.2 Å². The van der Waals surface area contributed by atoms with Crippen LogP contribution in [0.25, 0.3) is 0 Å². The van der Waals surface area contributed by atoms with Gasteiger partial charge < -0.3 is 10.2 Å². The van der Waals surface area contributed by atoms with Gasteiger partial charge in [-0.05, 0) is 75.9 Å². The largest absolute Gasteiger partial charge is 0.352 e. The smallest absolute Gasteiger partial charge is 0.264 e. The summed E-state index contributed by atoms with van der Waals surface area (Å²) in [5.41, 5.74) is 3.64. The molecule has 0 saturated heterocycles. The zero-order valence-electron chi connectivity index (χ0n) is 24.8. The molecule has 1 aliphatic carbocycles. The topological polar surface area (TPSA) is 86.8 Å². The molecular formula is C33H40ClN3O4S. The minimum atomic E-state index is -4.16. The molecule has 1 atom stereocenters. The van der Waals surface area contributed by atoms with E-state index in [1.807, 2.05) is 38.1 Å². The van der Waals surface area contributed by atoms with Crippen LogP contribution in [0, 0.1) is 20.8 Å². The van der Waals surface area contributed by atoms with Crippen molar-refractivity contribution in [1.29, 1.82) is 0 Å². The van der Waals surface area contributed by atoms with Crippen molar-refractivity contribution in [1.82, 2.24) is 10.2 Å². The number of halogens is 1. The number of carbonyl (C=O) groups is 2. The molecule has 1 fully saturated rings. The summed E-state index contributed by atoms with van der Waals surface area (Å²) >= 11 is 6.41. The third kappa shape index (κ3) is 7.53. The van der Waals surface area contributed by atoms with Crippen LogP contribution in [0.3, 0.4) is 0 Å². The number of rotatable bonds is 10. The van der Waals surface area contributed by atoms with Crippen molar-refractivity contribution in [3.63, 3.8) is 0 Å². The molecule has 0 aromatic heterocycles. The second-order valence-corrected chi connectivity index (χ2v) is 13.5. The second kappa shape index (κ2) is 13.7. The van der Waals surface area contributed by atoms with Crippen LogP contribution in [0.1, 0.15) is 61.3 Å². The molecule has 0 heterocycles. The lowest BCUT2D eigenvalue weighted by Crippen LogP contribution is -2.53. The Labute approximate surface area is 254 Å². The van der Waals surface area contributed by atoms with Crippen LogP contribution in [0.4, 0.5) is 5.69 Å². The van der Waals surface area contributed by atoms with E-state index in [4.69, 9.17) is 11.6 Å². The quantitative estimate of drug-likeness (QED) is 0.291. The number of hydrogen-bond donors (Lipinski definition) is 1. The van der Waals surface area contributed by atoms with E-state index in [-0.39, 0.29) is 23.4 Å². The van der Waals surface area contributed by atoms with Crippen LogP contribution in [0.2, 0.25) is 5.02 Å². The Kier molecular flexibility index (Phi) is 10.3. The predicted octanol–water partition coefficient (Wildman–Crippen LogP) is 6.33. The average molecular weight is 610 g/mol. The highest BCUT2D eigenvalue weighted by atomic mass is 35.5. The number of nitrogens with zero attached hydrogens (tertiary/aromatic N) is 2. The summed E-state index contributed by atoms with van der Waals surface area (Å²) in [5.74, 6) is -0.729. The lowest BCUT2D eigenvalue weighted by atomic mass is 9.95. The maximum atomic E-state index is 14.2. The number of hydrogen-bond acceptors (Lipinski definition) is 4. The van der Waals surface area contributed by atoms with Crippen molar-refractivity contribution in [3.8, 4) is 0 Å². The van der Waals surface area contributed by atoms with Gasteiger partial charge in [-0.2, -0.15) is 0 Å². The Hall–Kier alpha value is -3.36. The number of amides is 2. The molecule has 3 aromatic rings. The number of aryl methyl sites for hydroxylation is 2. The SMILES string of the molecule is Cc1ccc(S(=O)(=O)N(CC(=O)N(Cc2cccc(C)c2)[C@@H](C)C(=O)NC2CCCCC2)c2cccc(Cl)c2C)cc1. The first-order valence-corrected chi connectivity index (χ1v) is 16.3. The van der Waals surface area contributed by atoms with E-state index in [0.717, 1.165) is 53.1 Å². The van der Waals surface area contributed by atoms with Gasteiger partial charge in [0, 0.05) is 17.6 Å². The lowest BCUT2D eigenvalue weighted by molar-refractivity contribution is -0.139. The van der Waals surface area contributed by atoms with Crippen LogP contribution in [0.5, 0.6) is 0 Å². The highest BCUT2D eigenvalue weighted by molar-refractivity contribution is 7.92. The van der Waals surface area contributed by atoms with Crippen molar-refractivity contribution in [3.05, 3.63) is 94.0 Å². The van der Waals surface area contributed by atoms with Crippen LogP contribution in [-0.4, -0.2) is 43.8 Å². The summed E-state index contributed by atoms with van der Waals surface area (Å²) in [5, 5.41) is 3.52. The van der Waals surface area contributed by atoms with Gasteiger partial charge in [-0.15, -0.1) is 0 Å². The molecule has 1 saturated carbocycles. The van der Waals surface area contributed by atoms with Gasteiger partial charge in [-0.1, -0.05) is 84.5 Å². The summed E-state index contributed by atoms with van der Waals surface area (Å²) in [4.78, 5) is 29.2. The van der Waals surface area contributed by atoms with Gasteiger partial charge in [0.1, 0.15) is 12.6 Å². The molecule has 1 N–H and O–H groups in total. The van der Waals surface area contributed by atoms with Crippen LogP contribution < -0.4 is 9.62 Å². The Morgan fingerprint density at radius 3 is 2.26 bits per heavy atom. The zero-order chi connectivity index (χ0) is 30.4. The molecular weight excluding hydrogens is 570 g/mol. The maximum absolute atomic E-state index is 14.2. The highest BCUT2D eigenvalue weighted by Crippen LogP contribution is 2.31. The molecule has 7 nitrogen and oxygen atoms in total. The summed E-state index contributed by atoms with van der Waals surface area (Å²) in [7, 11) is -4.16. The number of sulfonamides is 1. The molecule has 1 aliphatic rings. The van der Waals surface area contributed by atoms with Crippen molar-refractivity contribution in [2.75, 3.05) is 10.8 Å². The molecule has 0 bridgehead atoms. The van der Waals surface area contributed by atoms with Gasteiger partial charge >= 0.3 is 0 Å². The van der Waals surface area contributed by atoms with Gasteiger partial charge in [0.25, 0.3) is 10.0 Å². The molecule has 2 amide bonds. The first kappa shape index (κ1) is 31.6. The third-order valence-electron chi connectivity index (χ3n) is 7.95. The first-order valence-electron chi connectivity index (χ1n) is 14.5. The van der Waals surface area contributed by atoms with Crippen molar-refractivity contribution >= 4 is 39.1 Å². The van der Waals surface area contributed by atoms with Gasteiger partial charge in [-0.25, -0.2) is 8.42 Å². The summed E-state index contributed by atoms with van der Waals surface area (Å²) in [6.45, 7) is 6.94. The summed E-state index contributed by atoms with van der Waals surface area (Å²) < 4.78 is 29.2. The van der Waals surface area contributed by atoms with E-state index < -0.39 is 28.5 Å². The lowest BCUT2D eigenvalue weighted by Gasteiger charge is -2.33. The zero-order valence-corrected chi connectivity index (χ0v) is 26.3. The number of benzene rings is 3. The van der Waals surface area contributed by atoms with Gasteiger partial charge in [-0.3, -0.25) is 13.9 Å². The van der Waals surface area contributed by atoms with E-state index in [0.29, 0.717) is 16.3 Å². The molecule has 42 heavy (non-hydrogen) atoms. The van der Waals surface area contributed by atoms with E-state index in [2.05, 4.69) is 5.32 Å². The van der Waals surface area contributed by atoms with Gasteiger partial charge in [0.2, 0.25) is 11.8 Å². The third-order valence-corrected chi connectivity index (χ3v) is 10.1. The second-order valence-electron chi connectivity index (χ2n) is 11.2. The number of anilines is 1. The number of nitrogens with one attached hydrogen (secondary N) is 1. The maximum Gasteiger partial charge on any atom is 0.264 e. The molecule has 0 radical (unpaired) electrons. The average Bonchev–Trinajstić information content (AvgIpc) is 2.96. The first-order chi connectivity index (χ1) is 20.0. The van der Waals surface area contributed by atoms with Crippen LogP contribution in [-0.2, 0) is 26.2 Å². The fraction of sp³-hybridized carbons (Fsp3) is 0.394. The summed E-state index contributed by atoms with van der Waals surface area (Å²) in [6.07, 6.45) is 5.13. The number of carbonyl (C=O) groups excluding carboxylic acids is 2. The predicted molar refractivity (Wildman–Crippen MR) is 168 cm³/mol. The molecule has 3 aromatic carbocycles. The van der Waals surface area contributed by atoms with E-state index in [1.165, 1.54) is 17.0 Å².